The lowest BCUT2D eigenvalue weighted by atomic mass is 9.90. The zero-order chi connectivity index (χ0) is 15.3. The highest BCUT2D eigenvalue weighted by Gasteiger charge is 2.37. The van der Waals surface area contributed by atoms with Crippen LogP contribution in [-0.4, -0.2) is 26.2 Å². The molecule has 112 valence electrons. The molecule has 0 spiro atoms. The van der Waals surface area contributed by atoms with Crippen LogP contribution in [-0.2, 0) is 15.1 Å². The van der Waals surface area contributed by atoms with Crippen molar-refractivity contribution in [2.24, 2.45) is 0 Å². The van der Waals surface area contributed by atoms with Crippen LogP contribution >= 0.6 is 0 Å². The summed E-state index contributed by atoms with van der Waals surface area (Å²) in [7, 11) is 2.72. The average molecular weight is 283 g/mol. The van der Waals surface area contributed by atoms with Crippen molar-refractivity contribution in [1.29, 1.82) is 0 Å². The van der Waals surface area contributed by atoms with Crippen molar-refractivity contribution in [3.8, 4) is 5.75 Å². The molecule has 1 aromatic rings. The third-order valence-electron chi connectivity index (χ3n) is 3.47. The number of ether oxygens (including phenoxy) is 2. The Bertz CT molecular complexity index is 478. The van der Waals surface area contributed by atoms with Gasteiger partial charge in [-0.15, -0.1) is 0 Å². The molecular weight excluding hydrogens is 261 g/mol. The van der Waals surface area contributed by atoms with Crippen LogP contribution in [0.15, 0.2) is 18.2 Å². The highest BCUT2D eigenvalue weighted by molar-refractivity contribution is 5.82. The van der Waals surface area contributed by atoms with Gasteiger partial charge in [-0.3, -0.25) is 5.32 Å². The number of benzene rings is 1. The fourth-order valence-electron chi connectivity index (χ4n) is 2.04. The van der Waals surface area contributed by atoms with Crippen molar-refractivity contribution in [2.75, 3.05) is 14.2 Å². The van der Waals surface area contributed by atoms with Crippen LogP contribution in [0.4, 0.5) is 4.39 Å². The Morgan fingerprint density at radius 2 is 2.10 bits per heavy atom. The molecule has 1 aromatic carbocycles. The van der Waals surface area contributed by atoms with E-state index in [2.05, 4.69) is 5.32 Å². The maximum atomic E-state index is 13.9. The Kier molecular flexibility index (Phi) is 5.51. The zero-order valence-electron chi connectivity index (χ0n) is 12.6. The zero-order valence-corrected chi connectivity index (χ0v) is 12.6. The van der Waals surface area contributed by atoms with Gasteiger partial charge in [-0.25, -0.2) is 9.18 Å². The summed E-state index contributed by atoms with van der Waals surface area (Å²) in [5.41, 5.74) is -0.597. The van der Waals surface area contributed by atoms with Crippen molar-refractivity contribution in [2.45, 2.75) is 38.8 Å². The Hall–Kier alpha value is -1.62. The summed E-state index contributed by atoms with van der Waals surface area (Å²) in [6.07, 6.45) is 0.839. The van der Waals surface area contributed by atoms with Crippen LogP contribution < -0.4 is 10.1 Å². The molecule has 0 heterocycles. The van der Waals surface area contributed by atoms with Gasteiger partial charge in [0.1, 0.15) is 5.54 Å². The predicted molar refractivity (Wildman–Crippen MR) is 75.2 cm³/mol. The van der Waals surface area contributed by atoms with Crippen LogP contribution in [0.25, 0.3) is 0 Å². The molecule has 0 saturated heterocycles. The lowest BCUT2D eigenvalue weighted by Gasteiger charge is -2.31. The van der Waals surface area contributed by atoms with Crippen LogP contribution in [0.3, 0.4) is 0 Å². The molecule has 4 nitrogen and oxygen atoms in total. The lowest BCUT2D eigenvalue weighted by Crippen LogP contribution is -2.51. The fraction of sp³-hybridized carbons (Fsp3) is 0.533. The Labute approximate surface area is 119 Å². The molecular formula is C15H22FNO3. The normalized spacial score (nSPS) is 15.3. The van der Waals surface area contributed by atoms with Gasteiger partial charge in [-0.2, -0.15) is 0 Å². The second kappa shape index (κ2) is 6.70. The number of carbonyl (C=O) groups is 1. The first-order valence-corrected chi connectivity index (χ1v) is 6.59. The van der Waals surface area contributed by atoms with E-state index in [1.165, 1.54) is 26.4 Å². The molecule has 0 saturated carbocycles. The molecule has 5 heteroatoms. The SMILES string of the molecule is CCC(C)NC(C)(C(=O)OC)c1ccc(OC)c(F)c1. The first kappa shape index (κ1) is 16.4. The van der Waals surface area contributed by atoms with Gasteiger partial charge in [0, 0.05) is 6.04 Å². The minimum Gasteiger partial charge on any atom is -0.494 e. The van der Waals surface area contributed by atoms with Crippen LogP contribution in [0.5, 0.6) is 5.75 Å². The number of hydrogen-bond acceptors (Lipinski definition) is 4. The molecule has 0 aliphatic carbocycles. The summed E-state index contributed by atoms with van der Waals surface area (Å²) in [6, 6.07) is 4.55. The summed E-state index contributed by atoms with van der Waals surface area (Å²) >= 11 is 0. The van der Waals surface area contributed by atoms with Gasteiger partial charge in [0.05, 0.1) is 14.2 Å². The Morgan fingerprint density at radius 1 is 1.45 bits per heavy atom. The highest BCUT2D eigenvalue weighted by atomic mass is 19.1. The Balaban J connectivity index is 3.23. The fourth-order valence-corrected chi connectivity index (χ4v) is 2.04. The van der Waals surface area contributed by atoms with E-state index < -0.39 is 17.3 Å². The van der Waals surface area contributed by atoms with Crippen molar-refractivity contribution in [1.82, 2.24) is 5.32 Å². The number of carbonyl (C=O) groups excluding carboxylic acids is 1. The minimum atomic E-state index is -1.10. The summed E-state index contributed by atoms with van der Waals surface area (Å²) in [6.45, 7) is 5.65. The molecule has 1 N–H and O–H groups in total. The van der Waals surface area contributed by atoms with Gasteiger partial charge in [0.15, 0.2) is 11.6 Å². The molecule has 2 unspecified atom stereocenters. The Morgan fingerprint density at radius 3 is 2.55 bits per heavy atom. The molecule has 0 aliphatic rings. The topological polar surface area (TPSA) is 47.6 Å². The first-order chi connectivity index (χ1) is 9.38. The first-order valence-electron chi connectivity index (χ1n) is 6.59. The van der Waals surface area contributed by atoms with Gasteiger partial charge in [0.2, 0.25) is 0 Å². The predicted octanol–water partition coefficient (Wildman–Crippen LogP) is 2.61. The van der Waals surface area contributed by atoms with E-state index in [1.807, 2.05) is 13.8 Å². The van der Waals surface area contributed by atoms with Gasteiger partial charge in [-0.1, -0.05) is 13.0 Å². The highest BCUT2D eigenvalue weighted by Crippen LogP contribution is 2.28. The van der Waals surface area contributed by atoms with E-state index in [4.69, 9.17) is 9.47 Å². The number of esters is 1. The minimum absolute atomic E-state index is 0.0873. The third kappa shape index (κ3) is 3.28. The number of methoxy groups -OCH3 is 2. The number of rotatable bonds is 6. The largest absolute Gasteiger partial charge is 0.494 e. The van der Waals surface area contributed by atoms with E-state index in [0.29, 0.717) is 5.56 Å². The van der Waals surface area contributed by atoms with E-state index in [9.17, 15) is 9.18 Å². The molecule has 0 amide bonds. The second-order valence-electron chi connectivity index (χ2n) is 4.92. The number of nitrogens with one attached hydrogen (secondary N) is 1. The summed E-state index contributed by atoms with van der Waals surface area (Å²) in [5.74, 6) is -0.821. The van der Waals surface area contributed by atoms with Crippen molar-refractivity contribution in [3.05, 3.63) is 29.6 Å². The smallest absolute Gasteiger partial charge is 0.330 e. The molecule has 20 heavy (non-hydrogen) atoms. The molecule has 0 aromatic heterocycles. The maximum Gasteiger partial charge on any atom is 0.330 e. The monoisotopic (exact) mass is 283 g/mol. The van der Waals surface area contributed by atoms with E-state index in [1.54, 1.807) is 13.0 Å². The van der Waals surface area contributed by atoms with Crippen molar-refractivity contribution in [3.63, 3.8) is 0 Å². The summed E-state index contributed by atoms with van der Waals surface area (Å²) in [5, 5.41) is 3.19. The second-order valence-corrected chi connectivity index (χ2v) is 4.92. The molecule has 0 aliphatic heterocycles. The molecule has 2 atom stereocenters. The standard InChI is InChI=1S/C15H22FNO3/c1-6-10(2)17-15(3,14(18)20-5)11-7-8-13(19-4)12(16)9-11/h7-10,17H,6H2,1-5H3. The van der Waals surface area contributed by atoms with Crippen LogP contribution in [0, 0.1) is 5.82 Å². The molecule has 1 rings (SSSR count). The van der Waals surface area contributed by atoms with Gasteiger partial charge in [-0.05, 0) is 38.0 Å². The average Bonchev–Trinajstić information content (AvgIpc) is 2.45. The van der Waals surface area contributed by atoms with Gasteiger partial charge >= 0.3 is 5.97 Å². The quantitative estimate of drug-likeness (QED) is 0.815. The van der Waals surface area contributed by atoms with Crippen molar-refractivity contribution < 1.29 is 18.7 Å². The van der Waals surface area contributed by atoms with E-state index >= 15 is 0 Å². The summed E-state index contributed by atoms with van der Waals surface area (Å²) in [4.78, 5) is 12.1. The molecule has 0 fully saturated rings. The third-order valence-corrected chi connectivity index (χ3v) is 3.47. The van der Waals surface area contributed by atoms with Crippen molar-refractivity contribution >= 4 is 5.97 Å². The summed E-state index contributed by atoms with van der Waals surface area (Å²) < 4.78 is 23.6. The van der Waals surface area contributed by atoms with E-state index in [0.717, 1.165) is 6.42 Å². The lowest BCUT2D eigenvalue weighted by molar-refractivity contribution is -0.148. The maximum absolute atomic E-state index is 13.9. The number of halogens is 1. The van der Waals surface area contributed by atoms with Gasteiger partial charge < -0.3 is 9.47 Å². The van der Waals surface area contributed by atoms with E-state index in [-0.39, 0.29) is 11.8 Å². The van der Waals surface area contributed by atoms with Gasteiger partial charge in [0.25, 0.3) is 0 Å². The molecule has 0 radical (unpaired) electrons. The van der Waals surface area contributed by atoms with Crippen LogP contribution in [0.1, 0.15) is 32.8 Å². The molecule has 0 bridgehead atoms. The number of hydrogen-bond donors (Lipinski definition) is 1. The van der Waals surface area contributed by atoms with Crippen LogP contribution in [0.2, 0.25) is 0 Å².